The van der Waals surface area contributed by atoms with Gasteiger partial charge in [-0.1, -0.05) is 0 Å². The summed E-state index contributed by atoms with van der Waals surface area (Å²) in [5.74, 6) is 0. The van der Waals surface area contributed by atoms with Gasteiger partial charge in [-0.2, -0.15) is 0 Å². The summed E-state index contributed by atoms with van der Waals surface area (Å²) in [6, 6.07) is 0. The first-order valence-electron chi connectivity index (χ1n) is 1.32. The Labute approximate surface area is 43.2 Å². The predicted octanol–water partition coefficient (Wildman–Crippen LogP) is -1.36. The van der Waals surface area contributed by atoms with E-state index in [1.807, 2.05) is 0 Å². The number of rotatable bonds is 1. The van der Waals surface area contributed by atoms with Crippen molar-refractivity contribution in [3.05, 3.63) is 0 Å². The van der Waals surface area contributed by atoms with Crippen LogP contribution in [0.2, 0.25) is 0 Å². The van der Waals surface area contributed by atoms with Gasteiger partial charge in [0.15, 0.2) is 0 Å². The molecule has 0 rings (SSSR count). The van der Waals surface area contributed by atoms with E-state index in [1.54, 1.807) is 0 Å². The van der Waals surface area contributed by atoms with Crippen LogP contribution in [0, 0.1) is 0 Å². The van der Waals surface area contributed by atoms with Crippen molar-refractivity contribution in [3.8, 4) is 0 Å². The van der Waals surface area contributed by atoms with Crippen LogP contribution in [-0.2, 0) is 4.79 Å². The SMILES string of the molecule is NC[C](=O)[Mg+]. The van der Waals surface area contributed by atoms with E-state index in [4.69, 9.17) is 5.73 Å². The van der Waals surface area contributed by atoms with Crippen LogP contribution in [-0.4, -0.2) is 32.2 Å². The topological polar surface area (TPSA) is 43.1 Å². The van der Waals surface area contributed by atoms with E-state index in [1.165, 1.54) is 21.7 Å². The maximum atomic E-state index is 9.70. The standard InChI is InChI=1S/C2H4NO.Mg/c3-1-2-4;/h1,3H2;/q;+1. The molecule has 2 nitrogen and oxygen atoms in total. The summed E-state index contributed by atoms with van der Waals surface area (Å²) < 4.78 is 0.0602. The van der Waals surface area contributed by atoms with Crippen LogP contribution >= 0.6 is 0 Å². The molecular formula is C2H4MgNO+. The van der Waals surface area contributed by atoms with Crippen LogP contribution in [0.15, 0.2) is 0 Å². The van der Waals surface area contributed by atoms with E-state index < -0.39 is 0 Å². The molecule has 0 aliphatic rings. The molecule has 0 atom stereocenters. The van der Waals surface area contributed by atoms with Crippen LogP contribution < -0.4 is 5.73 Å². The molecule has 0 fully saturated rings. The van der Waals surface area contributed by atoms with Gasteiger partial charge in [0.1, 0.15) is 0 Å². The van der Waals surface area contributed by atoms with Crippen LogP contribution in [0.5, 0.6) is 0 Å². The van der Waals surface area contributed by atoms with Gasteiger partial charge in [0.25, 0.3) is 0 Å². The van der Waals surface area contributed by atoms with Crippen LogP contribution in [0.4, 0.5) is 0 Å². The number of hydrogen-bond acceptors (Lipinski definition) is 2. The summed E-state index contributed by atoms with van der Waals surface area (Å²) in [4.78, 5) is 9.70. The quantitative estimate of drug-likeness (QED) is 0.397. The maximum absolute atomic E-state index is 9.70. The van der Waals surface area contributed by atoms with Gasteiger partial charge in [0.05, 0.1) is 0 Å². The van der Waals surface area contributed by atoms with Crippen molar-refractivity contribution in [2.24, 2.45) is 5.73 Å². The van der Waals surface area contributed by atoms with Crippen LogP contribution in [0.1, 0.15) is 0 Å². The molecule has 0 bridgehead atoms. The van der Waals surface area contributed by atoms with E-state index >= 15 is 0 Å². The Morgan fingerprint density at radius 1 is 2.00 bits per heavy atom. The summed E-state index contributed by atoms with van der Waals surface area (Å²) in [6.07, 6.45) is 0. The van der Waals surface area contributed by atoms with Gasteiger partial charge in [0, 0.05) is 0 Å². The molecule has 0 saturated carbocycles. The Hall–Kier alpha value is 0.396. The van der Waals surface area contributed by atoms with Crippen molar-refractivity contribution in [2.75, 3.05) is 6.54 Å². The van der Waals surface area contributed by atoms with Gasteiger partial charge < -0.3 is 0 Å². The summed E-state index contributed by atoms with van der Waals surface area (Å²) in [5.41, 5.74) is 4.83. The Morgan fingerprint density at radius 2 is 2.20 bits per heavy atom. The molecule has 0 aromatic carbocycles. The van der Waals surface area contributed by atoms with Crippen molar-refractivity contribution in [1.82, 2.24) is 0 Å². The van der Waals surface area contributed by atoms with Gasteiger partial charge in [-0.25, -0.2) is 0 Å². The fourth-order valence-electron chi connectivity index (χ4n) is 0. The molecule has 24 valence electrons. The molecule has 2 N–H and O–H groups in total. The first-order valence-corrected chi connectivity index (χ1v) is 2.03. The van der Waals surface area contributed by atoms with E-state index in [2.05, 4.69) is 0 Å². The Morgan fingerprint density at radius 3 is 2.20 bits per heavy atom. The molecular weight excluding hydrogens is 78.3 g/mol. The van der Waals surface area contributed by atoms with Gasteiger partial charge in [-0.15, -0.1) is 0 Å². The third-order valence-corrected chi connectivity index (χ3v) is 0.516. The summed E-state index contributed by atoms with van der Waals surface area (Å²) >= 11 is 1.29. The number of hydrogen-bond donors (Lipinski definition) is 1. The summed E-state index contributed by atoms with van der Waals surface area (Å²) in [5, 5.41) is 0. The van der Waals surface area contributed by atoms with Crippen molar-refractivity contribution in [3.63, 3.8) is 0 Å². The zero-order valence-electron chi connectivity index (χ0n) is 2.90. The monoisotopic (exact) mass is 82.0 g/mol. The fraction of sp³-hybridized carbons (Fsp3) is 0.500. The van der Waals surface area contributed by atoms with Crippen molar-refractivity contribution in [1.29, 1.82) is 0 Å². The molecule has 0 aromatic heterocycles. The van der Waals surface area contributed by atoms with Gasteiger partial charge >= 0.3 is 42.7 Å². The molecule has 0 aliphatic heterocycles. The molecule has 3 heteroatoms. The Kier molecular flexibility index (Phi) is 2.83. The Bertz CT molecular complexity index is 44.9. The number of nitrogens with two attached hydrogens (primary N) is 1. The van der Waals surface area contributed by atoms with Gasteiger partial charge in [0.2, 0.25) is 0 Å². The van der Waals surface area contributed by atoms with E-state index in [-0.39, 0.29) is 10.5 Å². The second-order valence-corrected chi connectivity index (χ2v) is 1.53. The number of carbonyl (C=O) groups is 1. The molecule has 0 saturated heterocycles. The Balaban J connectivity index is 2.85. The van der Waals surface area contributed by atoms with Crippen molar-refractivity contribution < 1.29 is 4.79 Å². The zero-order chi connectivity index (χ0) is 4.28. The van der Waals surface area contributed by atoms with Crippen LogP contribution in [0.3, 0.4) is 0 Å². The molecule has 0 radical (unpaired) electrons. The molecule has 5 heavy (non-hydrogen) atoms. The summed E-state index contributed by atoms with van der Waals surface area (Å²) in [6.45, 7) is 0.179. The van der Waals surface area contributed by atoms with Gasteiger partial charge in [-0.05, 0) is 0 Å². The number of carbonyl (C=O) groups excluding carboxylic acids is 1. The first kappa shape index (κ1) is 5.40. The second kappa shape index (κ2) is 2.62. The molecule has 0 aromatic rings. The molecule has 0 heterocycles. The molecule has 0 spiro atoms. The fourth-order valence-corrected chi connectivity index (χ4v) is 0. The zero-order valence-corrected chi connectivity index (χ0v) is 4.31. The third kappa shape index (κ3) is 4.40. The minimum atomic E-state index is 0.0602. The normalized spacial score (nSPS) is 7.80. The average Bonchev–Trinajstić information content (AvgIpc) is 1.38. The van der Waals surface area contributed by atoms with Gasteiger partial charge in [-0.3, -0.25) is 0 Å². The summed E-state index contributed by atoms with van der Waals surface area (Å²) in [7, 11) is 0. The second-order valence-electron chi connectivity index (χ2n) is 0.743. The van der Waals surface area contributed by atoms with E-state index in [0.29, 0.717) is 0 Å². The van der Waals surface area contributed by atoms with Crippen LogP contribution in [0.25, 0.3) is 0 Å². The van der Waals surface area contributed by atoms with E-state index in [9.17, 15) is 4.79 Å². The molecule has 0 unspecified atom stereocenters. The molecule has 0 amide bonds. The van der Waals surface area contributed by atoms with Crippen molar-refractivity contribution >= 4 is 25.6 Å². The molecule has 0 aliphatic carbocycles. The average molecular weight is 82.4 g/mol. The third-order valence-electron chi connectivity index (χ3n) is 0.228. The minimum absolute atomic E-state index is 0.0602. The van der Waals surface area contributed by atoms with Crippen molar-refractivity contribution in [2.45, 2.75) is 0 Å². The van der Waals surface area contributed by atoms with E-state index in [0.717, 1.165) is 0 Å². The predicted molar refractivity (Wildman–Crippen MR) is 19.8 cm³/mol. The first-order chi connectivity index (χ1) is 2.27.